The summed E-state index contributed by atoms with van der Waals surface area (Å²) in [4.78, 5) is 64.6. The number of benzene rings is 2. The van der Waals surface area contributed by atoms with E-state index in [1.165, 1.54) is 11.0 Å². The Morgan fingerprint density at radius 1 is 0.974 bits per heavy atom. The topological polar surface area (TPSA) is 131 Å². The highest BCUT2D eigenvalue weighted by atomic mass is 16.7. The summed E-state index contributed by atoms with van der Waals surface area (Å²) in [5, 5.41) is 5.42. The van der Waals surface area contributed by atoms with E-state index in [-0.39, 0.29) is 37.3 Å². The first kappa shape index (κ1) is 26.7. The van der Waals surface area contributed by atoms with Gasteiger partial charge >= 0.3 is 5.97 Å². The number of carbonyl (C=O) groups excluding carboxylic acids is 5. The molecule has 1 fully saturated rings. The molecule has 0 aromatic heterocycles. The number of rotatable bonds is 9. The molecule has 0 bridgehead atoms. The largest absolute Gasteiger partial charge is 0.433 e. The summed E-state index contributed by atoms with van der Waals surface area (Å²) in [6, 6.07) is 13.5. The summed E-state index contributed by atoms with van der Waals surface area (Å²) in [5.41, 5.74) is 1.10. The molecule has 10 heteroatoms. The van der Waals surface area contributed by atoms with Gasteiger partial charge in [-0.25, -0.2) is 0 Å². The van der Waals surface area contributed by atoms with Crippen molar-refractivity contribution in [3.05, 3.63) is 83.4 Å². The molecule has 0 aliphatic carbocycles. The van der Waals surface area contributed by atoms with Gasteiger partial charge in [0, 0.05) is 29.8 Å². The highest BCUT2D eigenvalue weighted by Gasteiger charge is 2.37. The van der Waals surface area contributed by atoms with Crippen molar-refractivity contribution in [1.82, 2.24) is 15.5 Å². The summed E-state index contributed by atoms with van der Waals surface area (Å²) in [7, 11) is 0. The van der Waals surface area contributed by atoms with Gasteiger partial charge in [0.25, 0.3) is 5.91 Å². The van der Waals surface area contributed by atoms with Crippen LogP contribution in [0, 0.1) is 0 Å². The normalized spacial score (nSPS) is 21.0. The Balaban J connectivity index is 1.39. The molecule has 10 nitrogen and oxygen atoms in total. The van der Waals surface area contributed by atoms with E-state index < -0.39 is 42.1 Å². The molecular weight excluding hydrogens is 490 g/mol. The average molecular weight is 520 g/mol. The van der Waals surface area contributed by atoms with Crippen molar-refractivity contribution in [2.45, 2.75) is 38.1 Å². The van der Waals surface area contributed by atoms with Gasteiger partial charge in [0.1, 0.15) is 12.1 Å². The molecule has 198 valence electrons. The van der Waals surface area contributed by atoms with Gasteiger partial charge in [-0.1, -0.05) is 54.6 Å². The van der Waals surface area contributed by atoms with Crippen molar-refractivity contribution in [3.63, 3.8) is 0 Å². The molecule has 2 aromatic carbocycles. The number of ketones is 1. The van der Waals surface area contributed by atoms with Crippen LogP contribution in [0.5, 0.6) is 0 Å². The summed E-state index contributed by atoms with van der Waals surface area (Å²) in [6.07, 6.45) is 2.89. The Hall–Kier alpha value is -4.31. The van der Waals surface area contributed by atoms with Crippen LogP contribution in [0.1, 0.15) is 46.0 Å². The molecule has 0 saturated carbocycles. The van der Waals surface area contributed by atoms with Crippen molar-refractivity contribution in [3.8, 4) is 0 Å². The Labute approximate surface area is 220 Å². The third kappa shape index (κ3) is 6.51. The summed E-state index contributed by atoms with van der Waals surface area (Å²) in [5.74, 6) is -2.09. The smallest absolute Gasteiger partial charge is 0.310 e. The second kappa shape index (κ2) is 12.3. The fraction of sp³-hybridized carbons (Fsp3) is 0.321. The Bertz CT molecular complexity index is 1240. The van der Waals surface area contributed by atoms with Crippen LogP contribution in [-0.2, 0) is 23.9 Å². The second-order valence-corrected chi connectivity index (χ2v) is 8.92. The van der Waals surface area contributed by atoms with Crippen molar-refractivity contribution in [1.29, 1.82) is 0 Å². The van der Waals surface area contributed by atoms with Crippen LogP contribution in [0.15, 0.2) is 66.7 Å². The molecule has 4 rings (SSSR count). The maximum Gasteiger partial charge on any atom is 0.310 e. The number of cyclic esters (lactones) is 1. The third-order valence-corrected chi connectivity index (χ3v) is 6.18. The molecule has 0 spiro atoms. The lowest BCUT2D eigenvalue weighted by Crippen LogP contribution is -2.52. The SMILES string of the molecule is CCOC1OC(=O)CC1NC(=O)CN1CC=CCC(NC(=O)c2cccc(C(=O)c3ccccc3)c2)C1=O. The van der Waals surface area contributed by atoms with Crippen molar-refractivity contribution in [2.24, 2.45) is 0 Å². The number of nitrogens with zero attached hydrogens (tertiary/aromatic N) is 1. The molecule has 3 atom stereocenters. The number of esters is 1. The first-order chi connectivity index (χ1) is 18.4. The zero-order chi connectivity index (χ0) is 27.1. The zero-order valence-corrected chi connectivity index (χ0v) is 20.9. The second-order valence-electron chi connectivity index (χ2n) is 8.92. The lowest BCUT2D eigenvalue weighted by molar-refractivity contribution is -0.164. The lowest BCUT2D eigenvalue weighted by Gasteiger charge is -2.25. The van der Waals surface area contributed by atoms with Crippen LogP contribution in [0.2, 0.25) is 0 Å². The molecule has 3 unspecified atom stereocenters. The van der Waals surface area contributed by atoms with Gasteiger partial charge in [-0.05, 0) is 25.5 Å². The van der Waals surface area contributed by atoms with Crippen LogP contribution < -0.4 is 10.6 Å². The van der Waals surface area contributed by atoms with Crippen molar-refractivity contribution >= 4 is 29.5 Å². The number of carbonyl (C=O) groups is 5. The summed E-state index contributed by atoms with van der Waals surface area (Å²) < 4.78 is 10.4. The minimum atomic E-state index is -0.893. The monoisotopic (exact) mass is 519 g/mol. The fourth-order valence-corrected chi connectivity index (χ4v) is 4.30. The quantitative estimate of drug-likeness (QED) is 0.292. The first-order valence-electron chi connectivity index (χ1n) is 12.4. The van der Waals surface area contributed by atoms with Gasteiger partial charge in [-0.3, -0.25) is 24.0 Å². The maximum atomic E-state index is 13.2. The fourth-order valence-electron chi connectivity index (χ4n) is 4.30. The number of nitrogens with one attached hydrogen (secondary N) is 2. The Morgan fingerprint density at radius 3 is 2.47 bits per heavy atom. The molecule has 0 radical (unpaired) electrons. The maximum absolute atomic E-state index is 13.2. The van der Waals surface area contributed by atoms with Crippen LogP contribution in [0.3, 0.4) is 0 Å². The summed E-state index contributed by atoms with van der Waals surface area (Å²) in [6.45, 7) is 1.98. The highest BCUT2D eigenvalue weighted by Crippen LogP contribution is 2.17. The van der Waals surface area contributed by atoms with E-state index in [2.05, 4.69) is 10.6 Å². The average Bonchev–Trinajstić information content (AvgIpc) is 3.17. The highest BCUT2D eigenvalue weighted by molar-refractivity contribution is 6.10. The standard InChI is InChI=1S/C28H29N3O7/c1-2-37-28-22(16-24(33)38-28)29-23(32)17-31-14-7-6-13-21(27(31)36)30-26(35)20-12-8-11-19(15-20)25(34)18-9-4-3-5-10-18/h3-12,15,21-22,28H,2,13-14,16-17H2,1H3,(H,29,32)(H,30,35). The molecule has 2 aliphatic heterocycles. The van der Waals surface area contributed by atoms with E-state index in [1.54, 1.807) is 61.5 Å². The first-order valence-corrected chi connectivity index (χ1v) is 12.4. The molecule has 38 heavy (non-hydrogen) atoms. The summed E-state index contributed by atoms with van der Waals surface area (Å²) >= 11 is 0. The van der Waals surface area contributed by atoms with Crippen LogP contribution >= 0.6 is 0 Å². The minimum Gasteiger partial charge on any atom is -0.433 e. The lowest BCUT2D eigenvalue weighted by atomic mass is 10.0. The van der Waals surface area contributed by atoms with Crippen LogP contribution in [0.4, 0.5) is 0 Å². The Morgan fingerprint density at radius 2 is 1.71 bits per heavy atom. The van der Waals surface area contributed by atoms with E-state index in [0.717, 1.165) is 0 Å². The van der Waals surface area contributed by atoms with E-state index in [0.29, 0.717) is 17.7 Å². The van der Waals surface area contributed by atoms with Crippen molar-refractivity contribution in [2.75, 3.05) is 19.7 Å². The predicted octanol–water partition coefficient (Wildman–Crippen LogP) is 1.60. The van der Waals surface area contributed by atoms with Crippen molar-refractivity contribution < 1.29 is 33.4 Å². The van der Waals surface area contributed by atoms with Crippen LogP contribution in [0.25, 0.3) is 0 Å². The zero-order valence-electron chi connectivity index (χ0n) is 20.9. The molecule has 3 amide bonds. The van der Waals surface area contributed by atoms with E-state index in [4.69, 9.17) is 9.47 Å². The predicted molar refractivity (Wildman–Crippen MR) is 136 cm³/mol. The van der Waals surface area contributed by atoms with Gasteiger partial charge in [0.2, 0.25) is 18.1 Å². The van der Waals surface area contributed by atoms with E-state index in [1.807, 2.05) is 6.07 Å². The molecular formula is C28H29N3O7. The van der Waals surface area contributed by atoms with Gasteiger partial charge in [-0.15, -0.1) is 0 Å². The molecule has 2 N–H and O–H groups in total. The molecule has 1 saturated heterocycles. The van der Waals surface area contributed by atoms with E-state index in [9.17, 15) is 24.0 Å². The minimum absolute atomic E-state index is 0.0191. The van der Waals surface area contributed by atoms with Gasteiger partial charge in [0.15, 0.2) is 5.78 Å². The van der Waals surface area contributed by atoms with E-state index >= 15 is 0 Å². The number of hydrogen-bond acceptors (Lipinski definition) is 7. The van der Waals surface area contributed by atoms with Gasteiger partial charge in [0.05, 0.1) is 13.0 Å². The molecule has 2 heterocycles. The third-order valence-electron chi connectivity index (χ3n) is 6.18. The number of amides is 3. The number of hydrogen-bond donors (Lipinski definition) is 2. The molecule has 2 aromatic rings. The van der Waals surface area contributed by atoms with Crippen LogP contribution in [-0.4, -0.2) is 72.4 Å². The number of ether oxygens (including phenoxy) is 2. The van der Waals surface area contributed by atoms with Gasteiger partial charge < -0.3 is 25.0 Å². The Kier molecular flexibility index (Phi) is 8.65. The van der Waals surface area contributed by atoms with Gasteiger partial charge in [-0.2, -0.15) is 0 Å². The molecule has 2 aliphatic rings.